The van der Waals surface area contributed by atoms with E-state index in [-0.39, 0.29) is 10.8 Å². The second kappa shape index (κ2) is 10.1. The summed E-state index contributed by atoms with van der Waals surface area (Å²) in [5, 5.41) is 0. The molecule has 6 rings (SSSR count). The summed E-state index contributed by atoms with van der Waals surface area (Å²) >= 11 is 0. The second-order valence-corrected chi connectivity index (χ2v) is 12.7. The molecule has 0 spiro atoms. The summed E-state index contributed by atoms with van der Waals surface area (Å²) in [5.41, 5.74) is 9.14. The molecule has 2 heterocycles. The van der Waals surface area contributed by atoms with Crippen LogP contribution in [0.5, 0.6) is 11.5 Å². The molecule has 6 heteroatoms. The van der Waals surface area contributed by atoms with E-state index in [1.165, 1.54) is 0 Å². The van der Waals surface area contributed by atoms with Crippen LogP contribution in [0.3, 0.4) is 0 Å². The lowest BCUT2D eigenvalue weighted by atomic mass is 9.86. The van der Waals surface area contributed by atoms with Crippen LogP contribution in [-0.4, -0.2) is 24.2 Å². The van der Waals surface area contributed by atoms with E-state index < -0.39 is 0 Å². The molecule has 0 bridgehead atoms. The summed E-state index contributed by atoms with van der Waals surface area (Å²) in [6.07, 6.45) is 0. The summed E-state index contributed by atoms with van der Waals surface area (Å²) < 4.78 is 23.5. The fraction of sp³-hybridized carbons (Fsp3) is 0.278. The lowest BCUT2D eigenvalue weighted by Gasteiger charge is -2.21. The molecule has 6 aromatic rings. The van der Waals surface area contributed by atoms with Gasteiger partial charge < -0.3 is 18.3 Å². The number of nitrogens with zero attached hydrogens (tertiary/aromatic N) is 2. The Morgan fingerprint density at radius 2 is 0.833 bits per heavy atom. The number of hydrogen-bond acceptors (Lipinski definition) is 6. The van der Waals surface area contributed by atoms with E-state index in [4.69, 9.17) is 28.3 Å². The molecule has 0 amide bonds. The van der Waals surface area contributed by atoms with Gasteiger partial charge >= 0.3 is 0 Å². The highest BCUT2D eigenvalue weighted by atomic mass is 16.5. The zero-order valence-corrected chi connectivity index (χ0v) is 25.5. The molecule has 214 valence electrons. The first-order chi connectivity index (χ1) is 19.9. The molecular weight excluding hydrogens is 524 g/mol. The van der Waals surface area contributed by atoms with Crippen molar-refractivity contribution in [2.75, 3.05) is 14.2 Å². The van der Waals surface area contributed by atoms with E-state index in [2.05, 4.69) is 77.9 Å². The number of rotatable bonds is 5. The van der Waals surface area contributed by atoms with Crippen LogP contribution in [-0.2, 0) is 10.8 Å². The fourth-order valence-electron chi connectivity index (χ4n) is 5.28. The maximum absolute atomic E-state index is 6.12. The number of benzene rings is 4. The zero-order chi connectivity index (χ0) is 29.8. The van der Waals surface area contributed by atoms with Crippen LogP contribution in [0.1, 0.15) is 52.7 Å². The third-order valence-corrected chi connectivity index (χ3v) is 7.63. The van der Waals surface area contributed by atoms with Gasteiger partial charge in [-0.2, -0.15) is 0 Å². The summed E-state index contributed by atoms with van der Waals surface area (Å²) in [7, 11) is 3.37. The normalized spacial score (nSPS) is 12.3. The van der Waals surface area contributed by atoms with Crippen molar-refractivity contribution in [3.63, 3.8) is 0 Å². The summed E-state index contributed by atoms with van der Waals surface area (Å²) in [6.45, 7) is 13.0. The standard InChI is InChI=1S/C36H36N2O4/c1-35(2,3)25-17-27-31(19-29(25)39-7)41-33(37-27)23-13-9-21(10-14-23)22-11-15-24(16-12-22)34-38-28-18-26(36(4,5)6)30(40-8)20-32(28)42-34/h9-20H,1-8H3. The lowest BCUT2D eigenvalue weighted by molar-refractivity contribution is 0.397. The fourth-order valence-corrected chi connectivity index (χ4v) is 5.28. The molecule has 0 radical (unpaired) electrons. The highest BCUT2D eigenvalue weighted by molar-refractivity contribution is 5.81. The Morgan fingerprint density at radius 3 is 1.14 bits per heavy atom. The lowest BCUT2D eigenvalue weighted by Crippen LogP contribution is -2.12. The molecule has 0 saturated carbocycles. The maximum Gasteiger partial charge on any atom is 0.227 e. The Morgan fingerprint density at radius 1 is 0.500 bits per heavy atom. The van der Waals surface area contributed by atoms with Gasteiger partial charge in [0.1, 0.15) is 22.5 Å². The number of hydrogen-bond donors (Lipinski definition) is 0. The number of fused-ring (bicyclic) bond motifs is 2. The first-order valence-electron chi connectivity index (χ1n) is 14.1. The van der Waals surface area contributed by atoms with Crippen LogP contribution in [0, 0.1) is 0 Å². The summed E-state index contributed by atoms with van der Waals surface area (Å²) in [6, 6.07) is 24.5. The van der Waals surface area contributed by atoms with Gasteiger partial charge in [-0.3, -0.25) is 0 Å². The highest BCUT2D eigenvalue weighted by Gasteiger charge is 2.23. The Hall–Kier alpha value is -4.58. The van der Waals surface area contributed by atoms with Gasteiger partial charge in [-0.1, -0.05) is 65.8 Å². The SMILES string of the molecule is COc1cc2oc(-c3ccc(-c4ccc(-c5nc6cc(C(C)(C)C)c(OC)cc6o5)cc4)cc3)nc2cc1C(C)(C)C. The van der Waals surface area contributed by atoms with E-state index >= 15 is 0 Å². The van der Waals surface area contributed by atoms with Crippen molar-refractivity contribution in [2.45, 2.75) is 52.4 Å². The van der Waals surface area contributed by atoms with E-state index in [0.717, 1.165) is 55.9 Å². The first kappa shape index (κ1) is 27.6. The minimum absolute atomic E-state index is 0.0698. The molecule has 0 fully saturated rings. The third-order valence-electron chi connectivity index (χ3n) is 7.63. The topological polar surface area (TPSA) is 70.5 Å². The Bertz CT molecular complexity index is 1760. The average molecular weight is 561 g/mol. The average Bonchev–Trinajstić information content (AvgIpc) is 3.58. The zero-order valence-electron chi connectivity index (χ0n) is 25.5. The third kappa shape index (κ3) is 5.02. The first-order valence-corrected chi connectivity index (χ1v) is 14.1. The van der Waals surface area contributed by atoms with Gasteiger partial charge in [-0.05, 0) is 58.4 Å². The van der Waals surface area contributed by atoms with Crippen LogP contribution in [0.25, 0.3) is 56.2 Å². The van der Waals surface area contributed by atoms with Crippen LogP contribution >= 0.6 is 0 Å². The van der Waals surface area contributed by atoms with Gasteiger partial charge in [0, 0.05) is 34.4 Å². The molecule has 0 N–H and O–H groups in total. The summed E-state index contributed by atoms with van der Waals surface area (Å²) in [4.78, 5) is 9.56. The van der Waals surface area contributed by atoms with E-state index in [1.807, 2.05) is 36.4 Å². The molecule has 0 saturated heterocycles. The van der Waals surface area contributed by atoms with Crippen molar-refractivity contribution in [1.29, 1.82) is 0 Å². The van der Waals surface area contributed by atoms with Gasteiger partial charge in [0.2, 0.25) is 11.8 Å². The van der Waals surface area contributed by atoms with Crippen LogP contribution in [0.2, 0.25) is 0 Å². The monoisotopic (exact) mass is 560 g/mol. The molecular formula is C36H36N2O4. The van der Waals surface area contributed by atoms with E-state index in [0.29, 0.717) is 22.9 Å². The minimum Gasteiger partial charge on any atom is -0.496 e. The number of methoxy groups -OCH3 is 2. The molecule has 0 atom stereocenters. The van der Waals surface area contributed by atoms with Crippen molar-refractivity contribution in [2.24, 2.45) is 0 Å². The van der Waals surface area contributed by atoms with Gasteiger partial charge in [0.15, 0.2) is 11.2 Å². The molecule has 0 aliphatic carbocycles. The minimum atomic E-state index is -0.0698. The van der Waals surface area contributed by atoms with Gasteiger partial charge in [0.05, 0.1) is 14.2 Å². The van der Waals surface area contributed by atoms with E-state index in [1.54, 1.807) is 14.2 Å². The number of ether oxygens (including phenoxy) is 2. The largest absolute Gasteiger partial charge is 0.496 e. The molecule has 4 aromatic carbocycles. The number of oxazole rings is 2. The van der Waals surface area contributed by atoms with Crippen LogP contribution in [0.15, 0.2) is 81.6 Å². The van der Waals surface area contributed by atoms with Crippen molar-refractivity contribution in [1.82, 2.24) is 9.97 Å². The predicted octanol–water partition coefficient (Wildman–Crippen LogP) is 9.58. The molecule has 0 aliphatic heterocycles. The molecule has 6 nitrogen and oxygen atoms in total. The molecule has 2 aromatic heterocycles. The van der Waals surface area contributed by atoms with Crippen LogP contribution in [0.4, 0.5) is 0 Å². The molecule has 0 unspecified atom stereocenters. The van der Waals surface area contributed by atoms with Crippen molar-refractivity contribution < 1.29 is 18.3 Å². The van der Waals surface area contributed by atoms with Gasteiger partial charge in [-0.25, -0.2) is 9.97 Å². The second-order valence-electron chi connectivity index (χ2n) is 12.7. The predicted molar refractivity (Wildman–Crippen MR) is 168 cm³/mol. The van der Waals surface area contributed by atoms with Crippen molar-refractivity contribution in [3.8, 4) is 45.5 Å². The highest BCUT2D eigenvalue weighted by Crippen LogP contribution is 2.38. The maximum atomic E-state index is 6.12. The Kier molecular flexibility index (Phi) is 6.60. The van der Waals surface area contributed by atoms with E-state index in [9.17, 15) is 0 Å². The molecule has 0 aliphatic rings. The van der Waals surface area contributed by atoms with Gasteiger partial charge in [-0.15, -0.1) is 0 Å². The smallest absolute Gasteiger partial charge is 0.227 e. The van der Waals surface area contributed by atoms with Crippen LogP contribution < -0.4 is 9.47 Å². The van der Waals surface area contributed by atoms with Crippen molar-refractivity contribution >= 4 is 22.2 Å². The molecule has 42 heavy (non-hydrogen) atoms. The van der Waals surface area contributed by atoms with Crippen molar-refractivity contribution in [3.05, 3.63) is 83.9 Å². The Labute approximate surface area is 246 Å². The Balaban J connectivity index is 1.26. The quantitative estimate of drug-likeness (QED) is 0.209. The number of aromatic nitrogens is 2. The van der Waals surface area contributed by atoms with Gasteiger partial charge in [0.25, 0.3) is 0 Å². The summed E-state index contributed by atoms with van der Waals surface area (Å²) in [5.74, 6) is 2.79.